The maximum Gasteiger partial charge on any atom is 0.293 e. The van der Waals surface area contributed by atoms with Gasteiger partial charge in [0.05, 0.1) is 26.2 Å². The highest BCUT2D eigenvalue weighted by Crippen LogP contribution is 2.31. The second-order valence-electron chi connectivity index (χ2n) is 6.69. The van der Waals surface area contributed by atoms with Gasteiger partial charge in [0.1, 0.15) is 17.3 Å². The van der Waals surface area contributed by atoms with Crippen LogP contribution in [0.25, 0.3) is 23.0 Å². The summed E-state index contributed by atoms with van der Waals surface area (Å²) in [7, 11) is 0.815. The van der Waals surface area contributed by atoms with E-state index in [4.69, 9.17) is 23.2 Å². The lowest BCUT2D eigenvalue weighted by molar-refractivity contribution is 0.354. The van der Waals surface area contributed by atoms with Gasteiger partial charge in [-0.2, -0.15) is 4.98 Å². The first-order valence-electron chi connectivity index (χ1n) is 9.45. The molecule has 4 aromatic rings. The molecule has 2 heterocycles. The second kappa shape index (κ2) is 8.75. The molecule has 0 fully saturated rings. The summed E-state index contributed by atoms with van der Waals surface area (Å²) in [6.07, 6.45) is 0. The molecule has 10 heteroatoms. The van der Waals surface area contributed by atoms with E-state index in [0.29, 0.717) is 23.1 Å². The molecular weight excluding hydrogens is 436 g/mol. The smallest absolute Gasteiger partial charge is 0.293 e. The quantitative estimate of drug-likeness (QED) is 0.388. The fourth-order valence-electron chi connectivity index (χ4n) is 3.03. The van der Waals surface area contributed by atoms with Crippen LogP contribution in [0.15, 0.2) is 68.4 Å². The van der Waals surface area contributed by atoms with Gasteiger partial charge in [-0.25, -0.2) is 8.42 Å². The largest absolute Gasteiger partial charge is 0.497 e. The second-order valence-corrected chi connectivity index (χ2v) is 8.68. The Balaban J connectivity index is 1.53. The van der Waals surface area contributed by atoms with Crippen LogP contribution >= 0.6 is 0 Å². The van der Waals surface area contributed by atoms with Crippen molar-refractivity contribution in [1.82, 2.24) is 10.1 Å². The summed E-state index contributed by atoms with van der Waals surface area (Å²) >= 11 is 0. The molecule has 0 radical (unpaired) electrons. The summed E-state index contributed by atoms with van der Waals surface area (Å²) in [4.78, 5) is 4.41. The molecule has 4 rings (SSSR count). The van der Waals surface area contributed by atoms with Gasteiger partial charge in [-0.1, -0.05) is 5.16 Å². The third-order valence-electron chi connectivity index (χ3n) is 4.69. The molecule has 0 unspecified atom stereocenters. The summed E-state index contributed by atoms with van der Waals surface area (Å²) in [5.41, 5.74) is 0.739. The van der Waals surface area contributed by atoms with Crippen molar-refractivity contribution in [3.63, 3.8) is 0 Å². The number of rotatable bonds is 8. The number of sulfone groups is 1. The first kappa shape index (κ1) is 21.4. The highest BCUT2D eigenvalue weighted by Gasteiger charge is 2.21. The number of methoxy groups -OCH3 is 3. The van der Waals surface area contributed by atoms with Crippen molar-refractivity contribution >= 4 is 9.84 Å². The summed E-state index contributed by atoms with van der Waals surface area (Å²) in [6.45, 7) is 0. The summed E-state index contributed by atoms with van der Waals surface area (Å²) < 4.78 is 52.1. The van der Waals surface area contributed by atoms with Crippen molar-refractivity contribution in [3.05, 3.63) is 60.4 Å². The Labute approximate surface area is 184 Å². The van der Waals surface area contributed by atoms with E-state index in [0.717, 1.165) is 5.56 Å². The van der Waals surface area contributed by atoms with E-state index in [1.807, 2.05) is 0 Å². The molecule has 0 aliphatic rings. The molecule has 32 heavy (non-hydrogen) atoms. The van der Waals surface area contributed by atoms with Crippen molar-refractivity contribution in [2.75, 3.05) is 21.3 Å². The van der Waals surface area contributed by atoms with Gasteiger partial charge in [-0.05, 0) is 48.5 Å². The number of benzene rings is 2. The molecular formula is C22H20N2O7S. The Morgan fingerprint density at radius 2 is 1.62 bits per heavy atom. The predicted molar refractivity (Wildman–Crippen MR) is 114 cm³/mol. The minimum absolute atomic E-state index is 0.0904. The monoisotopic (exact) mass is 456 g/mol. The Morgan fingerprint density at radius 3 is 2.31 bits per heavy atom. The van der Waals surface area contributed by atoms with E-state index < -0.39 is 9.84 Å². The number of ether oxygens (including phenoxy) is 3. The lowest BCUT2D eigenvalue weighted by Gasteiger charge is -2.09. The van der Waals surface area contributed by atoms with Crippen LogP contribution in [-0.2, 0) is 15.6 Å². The zero-order chi connectivity index (χ0) is 22.7. The lowest BCUT2D eigenvalue weighted by atomic mass is 10.2. The molecule has 0 bridgehead atoms. The molecule has 2 aromatic heterocycles. The van der Waals surface area contributed by atoms with Gasteiger partial charge < -0.3 is 23.2 Å². The van der Waals surface area contributed by atoms with Crippen LogP contribution in [0.3, 0.4) is 0 Å². The van der Waals surface area contributed by atoms with E-state index in [9.17, 15) is 8.42 Å². The van der Waals surface area contributed by atoms with Gasteiger partial charge in [0, 0.05) is 11.6 Å². The number of nitrogens with zero attached hydrogens (tertiary/aromatic N) is 2. The third kappa shape index (κ3) is 4.30. The van der Waals surface area contributed by atoms with Gasteiger partial charge in [0.25, 0.3) is 5.89 Å². The Hall–Kier alpha value is -3.79. The molecule has 0 spiro atoms. The average molecular weight is 456 g/mol. The van der Waals surface area contributed by atoms with Gasteiger partial charge in [0.15, 0.2) is 27.1 Å². The molecule has 9 nitrogen and oxygen atoms in total. The van der Waals surface area contributed by atoms with E-state index in [1.54, 1.807) is 49.6 Å². The van der Waals surface area contributed by atoms with Crippen LogP contribution in [0.1, 0.15) is 5.76 Å². The van der Waals surface area contributed by atoms with Crippen molar-refractivity contribution < 1.29 is 31.6 Å². The average Bonchev–Trinajstić information content (AvgIpc) is 3.48. The van der Waals surface area contributed by atoms with Crippen LogP contribution in [0.4, 0.5) is 0 Å². The Kier molecular flexibility index (Phi) is 5.87. The fourth-order valence-corrected chi connectivity index (χ4v) is 4.29. The number of aromatic nitrogens is 2. The number of hydrogen-bond acceptors (Lipinski definition) is 9. The molecule has 0 saturated carbocycles. The Bertz CT molecular complexity index is 1320. The fraction of sp³-hybridized carbons (Fsp3) is 0.182. The molecule has 166 valence electrons. The van der Waals surface area contributed by atoms with Crippen LogP contribution < -0.4 is 14.2 Å². The molecule has 0 N–H and O–H groups in total. The maximum absolute atomic E-state index is 12.8. The lowest BCUT2D eigenvalue weighted by Crippen LogP contribution is -2.05. The van der Waals surface area contributed by atoms with Gasteiger partial charge in [0.2, 0.25) is 5.82 Å². The highest BCUT2D eigenvalue weighted by atomic mass is 32.2. The van der Waals surface area contributed by atoms with E-state index in [1.165, 1.54) is 26.4 Å². The third-order valence-corrected chi connectivity index (χ3v) is 6.33. The van der Waals surface area contributed by atoms with Gasteiger partial charge >= 0.3 is 0 Å². The van der Waals surface area contributed by atoms with Crippen molar-refractivity contribution in [2.24, 2.45) is 0 Å². The topological polar surface area (TPSA) is 114 Å². The molecule has 2 aromatic carbocycles. The summed E-state index contributed by atoms with van der Waals surface area (Å²) in [5.74, 6) is 2.16. The minimum Gasteiger partial charge on any atom is -0.497 e. The van der Waals surface area contributed by atoms with Crippen LogP contribution in [-0.4, -0.2) is 39.9 Å². The number of furan rings is 1. The van der Waals surface area contributed by atoms with Crippen LogP contribution in [0.2, 0.25) is 0 Å². The molecule has 0 aliphatic heterocycles. The van der Waals surface area contributed by atoms with Crippen molar-refractivity contribution in [3.8, 4) is 40.3 Å². The van der Waals surface area contributed by atoms with Crippen molar-refractivity contribution in [2.45, 2.75) is 10.6 Å². The van der Waals surface area contributed by atoms with E-state index in [2.05, 4.69) is 10.1 Å². The standard InChI is InChI=1S/C22H20N2O7S/c1-27-15-6-4-14(5-7-15)21-23-22(31-24-21)19-10-8-16(30-19)13-32(25,26)17-9-11-18(28-2)20(12-17)29-3/h4-12H,13H2,1-3H3. The minimum atomic E-state index is -3.69. The van der Waals surface area contributed by atoms with Crippen molar-refractivity contribution in [1.29, 1.82) is 0 Å². The normalized spacial score (nSPS) is 11.3. The zero-order valence-corrected chi connectivity index (χ0v) is 18.4. The first-order chi connectivity index (χ1) is 15.4. The van der Waals surface area contributed by atoms with Crippen LogP contribution in [0, 0.1) is 0 Å². The summed E-state index contributed by atoms with van der Waals surface area (Å²) in [5, 5.41) is 3.95. The molecule has 0 saturated heterocycles. The van der Waals surface area contributed by atoms with Gasteiger partial charge in [-0.15, -0.1) is 0 Å². The molecule has 0 aliphatic carbocycles. The number of hydrogen-bond donors (Lipinski definition) is 0. The SMILES string of the molecule is COc1ccc(-c2noc(-c3ccc(CS(=O)(=O)c4ccc(OC)c(OC)c4)o3)n2)cc1. The maximum atomic E-state index is 12.8. The highest BCUT2D eigenvalue weighted by molar-refractivity contribution is 7.90. The van der Waals surface area contributed by atoms with Crippen LogP contribution in [0.5, 0.6) is 17.2 Å². The molecule has 0 atom stereocenters. The van der Waals surface area contributed by atoms with E-state index in [-0.39, 0.29) is 28.1 Å². The first-order valence-corrected chi connectivity index (χ1v) is 11.1. The molecule has 0 amide bonds. The summed E-state index contributed by atoms with van der Waals surface area (Å²) in [6, 6.07) is 14.7. The Morgan fingerprint density at radius 1 is 0.875 bits per heavy atom. The van der Waals surface area contributed by atoms with E-state index >= 15 is 0 Å². The zero-order valence-electron chi connectivity index (χ0n) is 17.6. The predicted octanol–water partition coefficient (Wildman–Crippen LogP) is 4.00. The van der Waals surface area contributed by atoms with Gasteiger partial charge in [-0.3, -0.25) is 0 Å².